The summed E-state index contributed by atoms with van der Waals surface area (Å²) in [4.78, 5) is 14.1. The molecule has 1 aliphatic heterocycles. The molecule has 1 saturated carbocycles. The zero-order chi connectivity index (χ0) is 14.1. The first-order chi connectivity index (χ1) is 9.63. The summed E-state index contributed by atoms with van der Waals surface area (Å²) in [6.07, 6.45) is 3.23. The normalized spacial score (nSPS) is 30.4. The SMILES string of the molecule is O=C1NC(c2ccc(Br)cc2)CN1C1CCC(O)CC1. The van der Waals surface area contributed by atoms with E-state index < -0.39 is 0 Å². The Hall–Kier alpha value is -1.07. The zero-order valence-electron chi connectivity index (χ0n) is 11.3. The van der Waals surface area contributed by atoms with Gasteiger partial charge in [-0.25, -0.2) is 4.79 Å². The van der Waals surface area contributed by atoms with Crippen LogP contribution in [0.5, 0.6) is 0 Å². The molecule has 1 aromatic carbocycles. The Morgan fingerprint density at radius 1 is 1.15 bits per heavy atom. The Kier molecular flexibility index (Phi) is 3.98. The fourth-order valence-corrected chi connectivity index (χ4v) is 3.39. The van der Waals surface area contributed by atoms with E-state index in [0.29, 0.717) is 0 Å². The van der Waals surface area contributed by atoms with Gasteiger partial charge in [0.05, 0.1) is 12.1 Å². The maximum atomic E-state index is 12.1. The predicted octanol–water partition coefficient (Wildman–Crippen LogP) is 2.82. The van der Waals surface area contributed by atoms with E-state index in [-0.39, 0.29) is 24.2 Å². The molecular weight excluding hydrogens is 320 g/mol. The molecule has 3 rings (SSSR count). The number of nitrogens with one attached hydrogen (secondary N) is 1. The Morgan fingerprint density at radius 2 is 1.80 bits per heavy atom. The molecule has 20 heavy (non-hydrogen) atoms. The van der Waals surface area contributed by atoms with Gasteiger partial charge in [0.2, 0.25) is 0 Å². The van der Waals surface area contributed by atoms with Gasteiger partial charge in [0.1, 0.15) is 0 Å². The van der Waals surface area contributed by atoms with E-state index in [1.54, 1.807) is 0 Å². The summed E-state index contributed by atoms with van der Waals surface area (Å²) in [5.74, 6) is 0. The molecule has 0 aromatic heterocycles. The van der Waals surface area contributed by atoms with Crippen molar-refractivity contribution in [2.75, 3.05) is 6.54 Å². The number of benzene rings is 1. The average Bonchev–Trinajstić information content (AvgIpc) is 2.82. The van der Waals surface area contributed by atoms with Crippen molar-refractivity contribution < 1.29 is 9.90 Å². The first-order valence-corrected chi connectivity index (χ1v) is 7.93. The summed E-state index contributed by atoms with van der Waals surface area (Å²) in [6.45, 7) is 0.723. The maximum absolute atomic E-state index is 12.1. The maximum Gasteiger partial charge on any atom is 0.318 e. The van der Waals surface area contributed by atoms with Crippen LogP contribution in [0.25, 0.3) is 0 Å². The third-order valence-electron chi connectivity index (χ3n) is 4.32. The number of aliphatic hydroxyl groups is 1. The van der Waals surface area contributed by atoms with Crippen LogP contribution in [0, 0.1) is 0 Å². The van der Waals surface area contributed by atoms with Crippen LogP contribution in [0.2, 0.25) is 0 Å². The highest BCUT2D eigenvalue weighted by atomic mass is 79.9. The molecule has 0 bridgehead atoms. The van der Waals surface area contributed by atoms with Crippen LogP contribution in [-0.2, 0) is 0 Å². The van der Waals surface area contributed by atoms with Gasteiger partial charge in [0.25, 0.3) is 0 Å². The summed E-state index contributed by atoms with van der Waals surface area (Å²) in [5, 5.41) is 12.6. The summed E-state index contributed by atoms with van der Waals surface area (Å²) >= 11 is 3.42. The number of amides is 2. The second kappa shape index (κ2) is 5.74. The van der Waals surface area contributed by atoms with Crippen molar-refractivity contribution in [2.24, 2.45) is 0 Å². The number of aliphatic hydroxyl groups excluding tert-OH is 1. The molecule has 0 radical (unpaired) electrons. The lowest BCUT2D eigenvalue weighted by Crippen LogP contribution is -2.41. The van der Waals surface area contributed by atoms with Gasteiger partial charge in [-0.1, -0.05) is 28.1 Å². The zero-order valence-corrected chi connectivity index (χ0v) is 12.8. The van der Waals surface area contributed by atoms with Crippen LogP contribution in [0.1, 0.15) is 37.3 Å². The number of nitrogens with zero attached hydrogens (tertiary/aromatic N) is 1. The number of hydrogen-bond donors (Lipinski definition) is 2. The number of halogens is 1. The van der Waals surface area contributed by atoms with Gasteiger partial charge in [0, 0.05) is 17.1 Å². The molecule has 108 valence electrons. The Balaban J connectivity index is 1.67. The number of urea groups is 1. The predicted molar refractivity (Wildman–Crippen MR) is 80.4 cm³/mol. The molecule has 1 saturated heterocycles. The second-order valence-corrected chi connectivity index (χ2v) is 6.58. The molecule has 1 atom stereocenters. The van der Waals surface area contributed by atoms with Crippen molar-refractivity contribution in [1.82, 2.24) is 10.2 Å². The lowest BCUT2D eigenvalue weighted by molar-refractivity contribution is 0.0907. The van der Waals surface area contributed by atoms with Gasteiger partial charge in [-0.2, -0.15) is 0 Å². The average molecular weight is 339 g/mol. The Labute approximate surface area is 127 Å². The molecule has 1 unspecified atom stereocenters. The van der Waals surface area contributed by atoms with Gasteiger partial charge in [-0.15, -0.1) is 0 Å². The van der Waals surface area contributed by atoms with E-state index in [1.807, 2.05) is 29.2 Å². The standard InChI is InChI=1S/C15H19BrN2O2/c16-11-3-1-10(2-4-11)14-9-18(15(20)17-14)12-5-7-13(19)8-6-12/h1-4,12-14,19H,5-9H2,(H,17,20). The topological polar surface area (TPSA) is 52.6 Å². The number of rotatable bonds is 2. The summed E-state index contributed by atoms with van der Waals surface area (Å²) in [5.41, 5.74) is 1.14. The minimum atomic E-state index is -0.181. The molecule has 2 aliphatic rings. The van der Waals surface area contributed by atoms with Crippen LogP contribution in [0.4, 0.5) is 4.79 Å². The molecule has 2 fully saturated rings. The highest BCUT2D eigenvalue weighted by molar-refractivity contribution is 9.10. The van der Waals surface area contributed by atoms with Crippen molar-refractivity contribution >= 4 is 22.0 Å². The van der Waals surface area contributed by atoms with Crippen LogP contribution in [-0.4, -0.2) is 34.7 Å². The highest BCUT2D eigenvalue weighted by Crippen LogP contribution is 2.29. The monoisotopic (exact) mass is 338 g/mol. The minimum absolute atomic E-state index is 0.0271. The van der Waals surface area contributed by atoms with Crippen molar-refractivity contribution in [3.8, 4) is 0 Å². The summed E-state index contributed by atoms with van der Waals surface area (Å²) in [7, 11) is 0. The highest BCUT2D eigenvalue weighted by Gasteiger charge is 2.35. The number of hydrogen-bond acceptors (Lipinski definition) is 2. The van der Waals surface area contributed by atoms with Crippen LogP contribution < -0.4 is 5.32 Å². The van der Waals surface area contributed by atoms with E-state index in [9.17, 15) is 9.90 Å². The Bertz CT molecular complexity index is 483. The summed E-state index contributed by atoms with van der Waals surface area (Å²) < 4.78 is 1.05. The molecule has 1 aromatic rings. The molecule has 4 nitrogen and oxygen atoms in total. The van der Waals surface area contributed by atoms with Crippen molar-refractivity contribution in [3.63, 3.8) is 0 Å². The van der Waals surface area contributed by atoms with Crippen LogP contribution in [0.3, 0.4) is 0 Å². The van der Waals surface area contributed by atoms with Crippen molar-refractivity contribution in [2.45, 2.75) is 43.9 Å². The molecule has 0 spiro atoms. The van der Waals surface area contributed by atoms with Crippen LogP contribution in [0.15, 0.2) is 28.7 Å². The summed E-state index contributed by atoms with van der Waals surface area (Å²) in [6, 6.07) is 8.47. The van der Waals surface area contributed by atoms with Gasteiger partial charge in [0.15, 0.2) is 0 Å². The molecule has 5 heteroatoms. The largest absolute Gasteiger partial charge is 0.393 e. The van der Waals surface area contributed by atoms with Crippen molar-refractivity contribution in [3.05, 3.63) is 34.3 Å². The van der Waals surface area contributed by atoms with E-state index in [4.69, 9.17) is 0 Å². The molecule has 2 N–H and O–H groups in total. The first kappa shape index (κ1) is 13.9. The number of carbonyl (C=O) groups is 1. The van der Waals surface area contributed by atoms with E-state index >= 15 is 0 Å². The van der Waals surface area contributed by atoms with E-state index in [1.165, 1.54) is 0 Å². The minimum Gasteiger partial charge on any atom is -0.393 e. The lowest BCUT2D eigenvalue weighted by atomic mass is 9.92. The fourth-order valence-electron chi connectivity index (χ4n) is 3.13. The van der Waals surface area contributed by atoms with Crippen molar-refractivity contribution in [1.29, 1.82) is 0 Å². The fraction of sp³-hybridized carbons (Fsp3) is 0.533. The van der Waals surface area contributed by atoms with Gasteiger partial charge < -0.3 is 15.3 Å². The third kappa shape index (κ3) is 2.83. The molecular formula is C15H19BrN2O2. The molecule has 2 amide bonds. The van der Waals surface area contributed by atoms with E-state index in [0.717, 1.165) is 42.3 Å². The first-order valence-electron chi connectivity index (χ1n) is 7.14. The van der Waals surface area contributed by atoms with Gasteiger partial charge in [-0.05, 0) is 43.4 Å². The smallest absolute Gasteiger partial charge is 0.318 e. The second-order valence-electron chi connectivity index (χ2n) is 5.67. The number of carbonyl (C=O) groups excluding carboxylic acids is 1. The van der Waals surface area contributed by atoms with Gasteiger partial charge >= 0.3 is 6.03 Å². The Morgan fingerprint density at radius 3 is 2.45 bits per heavy atom. The van der Waals surface area contributed by atoms with Gasteiger partial charge in [-0.3, -0.25) is 0 Å². The van der Waals surface area contributed by atoms with E-state index in [2.05, 4.69) is 21.2 Å². The van der Waals surface area contributed by atoms with Crippen LogP contribution >= 0.6 is 15.9 Å². The molecule has 1 heterocycles. The quantitative estimate of drug-likeness (QED) is 0.871. The molecule has 1 aliphatic carbocycles. The third-order valence-corrected chi connectivity index (χ3v) is 4.85. The lowest BCUT2D eigenvalue weighted by Gasteiger charge is -2.32.